The average molecular weight is 383 g/mol. The van der Waals surface area contributed by atoms with Crippen molar-refractivity contribution in [3.8, 4) is 5.75 Å². The molecule has 0 aromatic heterocycles. The molecule has 28 heavy (non-hydrogen) atoms. The van der Waals surface area contributed by atoms with E-state index >= 15 is 0 Å². The molecule has 5 nitrogen and oxygen atoms in total. The smallest absolute Gasteiger partial charge is 0.119 e. The lowest BCUT2D eigenvalue weighted by molar-refractivity contribution is 0.272. The summed E-state index contributed by atoms with van der Waals surface area (Å²) in [5.74, 6) is 0.891. The summed E-state index contributed by atoms with van der Waals surface area (Å²) in [6, 6.07) is 17.5. The van der Waals surface area contributed by atoms with E-state index in [1.165, 1.54) is 25.8 Å². The number of nitrogens with zero attached hydrogens (tertiary/aromatic N) is 4. The molecule has 2 aromatic carbocycles. The van der Waals surface area contributed by atoms with E-state index in [1.807, 2.05) is 54.6 Å². The van der Waals surface area contributed by atoms with Gasteiger partial charge in [0.1, 0.15) is 5.75 Å². The van der Waals surface area contributed by atoms with Crippen LogP contribution in [-0.2, 0) is 0 Å². The van der Waals surface area contributed by atoms with Gasteiger partial charge in [-0.1, -0.05) is 31.0 Å². The fourth-order valence-electron chi connectivity index (χ4n) is 2.73. The number of unbranched alkanes of at least 4 members (excludes halogenated alkanes) is 3. The summed E-state index contributed by atoms with van der Waals surface area (Å²) >= 11 is 0. The Morgan fingerprint density at radius 2 is 1.32 bits per heavy atom. The van der Waals surface area contributed by atoms with Gasteiger partial charge in [0.2, 0.25) is 0 Å². The number of hydrogen-bond donors (Lipinski definition) is 0. The van der Waals surface area contributed by atoms with Crippen molar-refractivity contribution in [1.82, 2.24) is 9.80 Å². The van der Waals surface area contributed by atoms with Gasteiger partial charge in [0.05, 0.1) is 18.0 Å². The Hall–Kier alpha value is -2.24. The first-order valence-electron chi connectivity index (χ1n) is 10.2. The van der Waals surface area contributed by atoms with Crippen molar-refractivity contribution >= 4 is 11.4 Å². The van der Waals surface area contributed by atoms with Crippen LogP contribution in [0.5, 0.6) is 5.75 Å². The molecule has 0 spiro atoms. The first-order chi connectivity index (χ1) is 13.6. The number of hydrogen-bond acceptors (Lipinski definition) is 5. The van der Waals surface area contributed by atoms with Gasteiger partial charge in [0, 0.05) is 13.1 Å². The summed E-state index contributed by atoms with van der Waals surface area (Å²) in [7, 11) is 6.45. The van der Waals surface area contributed by atoms with Crippen LogP contribution in [0.25, 0.3) is 0 Å². The van der Waals surface area contributed by atoms with Crippen LogP contribution >= 0.6 is 0 Å². The molecule has 0 heterocycles. The molecule has 0 atom stereocenters. The Balaban J connectivity index is 1.55. The van der Waals surface area contributed by atoms with Gasteiger partial charge in [-0.15, -0.1) is 0 Å². The van der Waals surface area contributed by atoms with Crippen LogP contribution in [0.4, 0.5) is 11.4 Å². The van der Waals surface area contributed by atoms with Crippen LogP contribution in [-0.4, -0.2) is 57.2 Å². The Kier molecular flexibility index (Phi) is 10.3. The van der Waals surface area contributed by atoms with Crippen molar-refractivity contribution in [2.24, 2.45) is 10.2 Å². The van der Waals surface area contributed by atoms with E-state index in [1.54, 1.807) is 0 Å². The molecule has 0 amide bonds. The zero-order chi connectivity index (χ0) is 20.0. The van der Waals surface area contributed by atoms with Crippen LogP contribution in [0, 0.1) is 0 Å². The third kappa shape index (κ3) is 9.62. The predicted octanol–water partition coefficient (Wildman–Crippen LogP) is 5.53. The molecule has 2 rings (SSSR count). The highest BCUT2D eigenvalue weighted by molar-refractivity contribution is 5.42. The highest BCUT2D eigenvalue weighted by Gasteiger charge is 2.00. The van der Waals surface area contributed by atoms with Crippen LogP contribution in [0.3, 0.4) is 0 Å². The van der Waals surface area contributed by atoms with Gasteiger partial charge >= 0.3 is 0 Å². The molecule has 0 saturated heterocycles. The third-order valence-electron chi connectivity index (χ3n) is 4.51. The Labute approximate surface area is 170 Å². The normalized spacial score (nSPS) is 11.6. The minimum absolute atomic E-state index is 0.765. The monoisotopic (exact) mass is 382 g/mol. The van der Waals surface area contributed by atoms with Crippen LogP contribution in [0.2, 0.25) is 0 Å². The Bertz CT molecular complexity index is 671. The standard InChI is InChI=1S/C23H34N4O/c1-26(2)18-19-27(3)17-9-4-5-10-20-28-23-15-13-22(14-16-23)25-24-21-11-7-6-8-12-21/h6-8,11-16H,4-5,9-10,17-20H2,1-3H3. The molecule has 0 unspecified atom stereocenters. The summed E-state index contributed by atoms with van der Waals surface area (Å²) in [6.45, 7) is 4.20. The molecule has 0 fully saturated rings. The summed E-state index contributed by atoms with van der Waals surface area (Å²) in [4.78, 5) is 4.64. The van der Waals surface area contributed by atoms with Gasteiger partial charge in [0.25, 0.3) is 0 Å². The second-order valence-corrected chi connectivity index (χ2v) is 7.40. The quantitative estimate of drug-likeness (QED) is 0.337. The minimum Gasteiger partial charge on any atom is -0.494 e. The van der Waals surface area contributed by atoms with Crippen LogP contribution < -0.4 is 4.74 Å². The van der Waals surface area contributed by atoms with Crippen molar-refractivity contribution in [2.45, 2.75) is 25.7 Å². The fraction of sp³-hybridized carbons (Fsp3) is 0.478. The highest BCUT2D eigenvalue weighted by Crippen LogP contribution is 2.21. The molecule has 2 aromatic rings. The van der Waals surface area contributed by atoms with Gasteiger partial charge in [0.15, 0.2) is 0 Å². The summed E-state index contributed by atoms with van der Waals surface area (Å²) < 4.78 is 5.83. The predicted molar refractivity (Wildman–Crippen MR) is 117 cm³/mol. The van der Waals surface area contributed by atoms with Crippen molar-refractivity contribution in [3.63, 3.8) is 0 Å². The van der Waals surface area contributed by atoms with E-state index in [-0.39, 0.29) is 0 Å². The van der Waals surface area contributed by atoms with Gasteiger partial charge in [-0.3, -0.25) is 0 Å². The summed E-state index contributed by atoms with van der Waals surface area (Å²) in [6.07, 6.45) is 4.82. The molecule has 5 heteroatoms. The average Bonchev–Trinajstić information content (AvgIpc) is 2.71. The number of rotatable bonds is 13. The van der Waals surface area contributed by atoms with Crippen molar-refractivity contribution < 1.29 is 4.74 Å². The molecule has 152 valence electrons. The molecule has 0 N–H and O–H groups in total. The maximum atomic E-state index is 5.83. The van der Waals surface area contributed by atoms with E-state index in [2.05, 4.69) is 41.2 Å². The fourth-order valence-corrected chi connectivity index (χ4v) is 2.73. The van der Waals surface area contributed by atoms with E-state index < -0.39 is 0 Å². The number of azo groups is 1. The van der Waals surface area contributed by atoms with Crippen LogP contribution in [0.15, 0.2) is 64.8 Å². The Morgan fingerprint density at radius 3 is 2.00 bits per heavy atom. The highest BCUT2D eigenvalue weighted by atomic mass is 16.5. The molecule has 0 aliphatic heterocycles. The molecular weight excluding hydrogens is 348 g/mol. The minimum atomic E-state index is 0.765. The topological polar surface area (TPSA) is 40.4 Å². The van der Waals surface area contributed by atoms with Gasteiger partial charge < -0.3 is 14.5 Å². The lowest BCUT2D eigenvalue weighted by atomic mass is 10.2. The first-order valence-corrected chi connectivity index (χ1v) is 10.2. The zero-order valence-electron chi connectivity index (χ0n) is 17.6. The van der Waals surface area contributed by atoms with Crippen molar-refractivity contribution in [2.75, 3.05) is 47.4 Å². The maximum Gasteiger partial charge on any atom is 0.119 e. The van der Waals surface area contributed by atoms with E-state index in [0.29, 0.717) is 0 Å². The number of likely N-dealkylation sites (N-methyl/N-ethyl adjacent to an activating group) is 2. The number of ether oxygens (including phenoxy) is 1. The molecule has 0 saturated carbocycles. The molecular formula is C23H34N4O. The molecule has 0 aliphatic carbocycles. The first kappa shape index (κ1) is 22.1. The summed E-state index contributed by atoms with van der Waals surface area (Å²) in [5, 5.41) is 8.47. The van der Waals surface area contributed by atoms with E-state index in [9.17, 15) is 0 Å². The molecule has 0 radical (unpaired) electrons. The lowest BCUT2D eigenvalue weighted by Crippen LogP contribution is -2.29. The van der Waals surface area contributed by atoms with Crippen molar-refractivity contribution in [1.29, 1.82) is 0 Å². The second-order valence-electron chi connectivity index (χ2n) is 7.40. The summed E-state index contributed by atoms with van der Waals surface area (Å²) in [5.41, 5.74) is 1.68. The molecule has 0 aliphatic rings. The third-order valence-corrected chi connectivity index (χ3v) is 4.51. The SMILES string of the molecule is CN(C)CCN(C)CCCCCCOc1ccc(N=Nc2ccccc2)cc1. The Morgan fingerprint density at radius 1 is 0.679 bits per heavy atom. The van der Waals surface area contributed by atoms with Crippen molar-refractivity contribution in [3.05, 3.63) is 54.6 Å². The van der Waals surface area contributed by atoms with Gasteiger partial charge in [-0.05, 0) is 76.9 Å². The van der Waals surface area contributed by atoms with Gasteiger partial charge in [-0.2, -0.15) is 10.2 Å². The second kappa shape index (κ2) is 13.0. The van der Waals surface area contributed by atoms with E-state index in [4.69, 9.17) is 4.74 Å². The number of benzene rings is 2. The lowest BCUT2D eigenvalue weighted by Gasteiger charge is -2.19. The van der Waals surface area contributed by atoms with E-state index in [0.717, 1.165) is 43.2 Å². The largest absolute Gasteiger partial charge is 0.494 e. The zero-order valence-corrected chi connectivity index (χ0v) is 17.6. The van der Waals surface area contributed by atoms with Crippen LogP contribution in [0.1, 0.15) is 25.7 Å². The maximum absolute atomic E-state index is 5.83. The molecule has 0 bridgehead atoms. The van der Waals surface area contributed by atoms with Gasteiger partial charge in [-0.25, -0.2) is 0 Å².